The summed E-state index contributed by atoms with van der Waals surface area (Å²) >= 11 is 0. The summed E-state index contributed by atoms with van der Waals surface area (Å²) in [6, 6.07) is 6.74. The summed E-state index contributed by atoms with van der Waals surface area (Å²) in [5.41, 5.74) is -0.819. The van der Waals surface area contributed by atoms with Crippen molar-refractivity contribution in [2.75, 3.05) is 11.9 Å². The number of benzene rings is 1. The number of nitrogens with zero attached hydrogens (tertiary/aromatic N) is 1. The van der Waals surface area contributed by atoms with Crippen molar-refractivity contribution in [2.24, 2.45) is 5.41 Å². The first-order chi connectivity index (χ1) is 11.6. The molecule has 2 rings (SSSR count). The standard InChI is InChI=1S/C15H16F3N3O3S/c16-15(17,18)10-20-25(23,24)12-5-3-11(4-6-12)21-13(22)14(9-19)7-1-2-8-14/h3-6,20H,1-2,7-8,10H2,(H,21,22). The van der Waals surface area contributed by atoms with Crippen LogP contribution in [0.3, 0.4) is 0 Å². The van der Waals surface area contributed by atoms with Gasteiger partial charge in [0, 0.05) is 5.69 Å². The Morgan fingerprint density at radius 3 is 2.24 bits per heavy atom. The average Bonchev–Trinajstić information content (AvgIpc) is 3.03. The van der Waals surface area contributed by atoms with E-state index in [1.165, 1.54) is 16.9 Å². The van der Waals surface area contributed by atoms with Gasteiger partial charge in [0.25, 0.3) is 0 Å². The predicted octanol–water partition coefficient (Wildman–Crippen LogP) is 2.55. The molecule has 2 N–H and O–H groups in total. The van der Waals surface area contributed by atoms with Crippen LogP contribution in [0.2, 0.25) is 0 Å². The molecule has 1 fully saturated rings. The summed E-state index contributed by atoms with van der Waals surface area (Å²) < 4.78 is 61.4. The van der Waals surface area contributed by atoms with E-state index in [1.54, 1.807) is 0 Å². The first-order valence-electron chi connectivity index (χ1n) is 7.47. The minimum absolute atomic E-state index is 0.265. The van der Waals surface area contributed by atoms with E-state index in [9.17, 15) is 31.6 Å². The van der Waals surface area contributed by atoms with Crippen molar-refractivity contribution >= 4 is 21.6 Å². The van der Waals surface area contributed by atoms with Crippen LogP contribution in [0.25, 0.3) is 0 Å². The molecule has 0 radical (unpaired) electrons. The summed E-state index contributed by atoms with van der Waals surface area (Å²) in [6.45, 7) is -1.67. The number of hydrogen-bond acceptors (Lipinski definition) is 4. The number of alkyl halides is 3. The molecule has 0 aromatic heterocycles. The lowest BCUT2D eigenvalue weighted by atomic mass is 9.87. The number of anilines is 1. The zero-order chi connectivity index (χ0) is 18.7. The molecule has 0 heterocycles. The molecule has 136 valence electrons. The van der Waals surface area contributed by atoms with Crippen molar-refractivity contribution in [3.05, 3.63) is 24.3 Å². The van der Waals surface area contributed by atoms with Gasteiger partial charge in [-0.25, -0.2) is 13.1 Å². The summed E-state index contributed by atoms with van der Waals surface area (Å²) in [7, 11) is -4.31. The fourth-order valence-corrected chi connectivity index (χ4v) is 3.61. The van der Waals surface area contributed by atoms with E-state index in [-0.39, 0.29) is 10.6 Å². The summed E-state index contributed by atoms with van der Waals surface area (Å²) in [4.78, 5) is 11.9. The first-order valence-corrected chi connectivity index (χ1v) is 8.96. The van der Waals surface area contributed by atoms with Crippen LogP contribution in [0.1, 0.15) is 25.7 Å². The minimum atomic E-state index is -4.66. The van der Waals surface area contributed by atoms with Gasteiger partial charge >= 0.3 is 6.18 Å². The molecule has 0 saturated heterocycles. The second-order valence-electron chi connectivity index (χ2n) is 5.82. The van der Waals surface area contributed by atoms with Gasteiger partial charge in [-0.2, -0.15) is 18.4 Å². The van der Waals surface area contributed by atoms with Crippen molar-refractivity contribution < 1.29 is 26.4 Å². The van der Waals surface area contributed by atoms with Crippen LogP contribution in [-0.2, 0) is 14.8 Å². The molecule has 1 saturated carbocycles. The van der Waals surface area contributed by atoms with Gasteiger partial charge in [0.1, 0.15) is 12.0 Å². The molecule has 0 aliphatic heterocycles. The normalized spacial score (nSPS) is 17.0. The number of amides is 1. The van der Waals surface area contributed by atoms with E-state index in [0.717, 1.165) is 25.0 Å². The maximum Gasteiger partial charge on any atom is 0.402 e. The zero-order valence-corrected chi connectivity index (χ0v) is 13.9. The number of sulfonamides is 1. The van der Waals surface area contributed by atoms with Gasteiger partial charge in [-0.05, 0) is 37.1 Å². The van der Waals surface area contributed by atoms with Crippen molar-refractivity contribution in [3.8, 4) is 6.07 Å². The van der Waals surface area contributed by atoms with Crippen LogP contribution in [-0.4, -0.2) is 27.0 Å². The van der Waals surface area contributed by atoms with E-state index >= 15 is 0 Å². The van der Waals surface area contributed by atoms with E-state index in [1.807, 2.05) is 6.07 Å². The number of carbonyl (C=O) groups excluding carboxylic acids is 1. The quantitative estimate of drug-likeness (QED) is 0.826. The Balaban J connectivity index is 2.07. The van der Waals surface area contributed by atoms with Crippen LogP contribution in [0.15, 0.2) is 29.2 Å². The van der Waals surface area contributed by atoms with Gasteiger partial charge in [0.05, 0.1) is 11.0 Å². The van der Waals surface area contributed by atoms with Crippen LogP contribution in [0, 0.1) is 16.7 Å². The number of halogens is 3. The molecule has 6 nitrogen and oxygen atoms in total. The van der Waals surface area contributed by atoms with E-state index in [4.69, 9.17) is 0 Å². The largest absolute Gasteiger partial charge is 0.402 e. The maximum atomic E-state index is 12.3. The fraction of sp³-hybridized carbons (Fsp3) is 0.467. The lowest BCUT2D eigenvalue weighted by Crippen LogP contribution is -2.34. The van der Waals surface area contributed by atoms with Gasteiger partial charge in [0.15, 0.2) is 0 Å². The third-order valence-electron chi connectivity index (χ3n) is 3.99. The topological polar surface area (TPSA) is 99.1 Å². The minimum Gasteiger partial charge on any atom is -0.325 e. The van der Waals surface area contributed by atoms with Crippen LogP contribution >= 0.6 is 0 Å². The number of hydrogen-bond donors (Lipinski definition) is 2. The Hall–Kier alpha value is -2.12. The van der Waals surface area contributed by atoms with E-state index in [2.05, 4.69) is 5.32 Å². The lowest BCUT2D eigenvalue weighted by molar-refractivity contribution is -0.123. The Morgan fingerprint density at radius 1 is 1.20 bits per heavy atom. The zero-order valence-electron chi connectivity index (χ0n) is 13.1. The molecule has 1 amide bonds. The molecule has 0 bridgehead atoms. The van der Waals surface area contributed by atoms with Gasteiger partial charge in [-0.3, -0.25) is 4.79 Å². The predicted molar refractivity (Wildman–Crippen MR) is 82.8 cm³/mol. The molecule has 1 aliphatic rings. The summed E-state index contributed by atoms with van der Waals surface area (Å²) in [5, 5.41) is 11.8. The SMILES string of the molecule is N#CC1(C(=O)Nc2ccc(S(=O)(=O)NCC(F)(F)F)cc2)CCCC1. The van der Waals surface area contributed by atoms with Crippen molar-refractivity contribution in [1.29, 1.82) is 5.26 Å². The maximum absolute atomic E-state index is 12.3. The first kappa shape index (κ1) is 19.2. The highest BCUT2D eigenvalue weighted by Crippen LogP contribution is 2.38. The third-order valence-corrected chi connectivity index (χ3v) is 5.41. The van der Waals surface area contributed by atoms with Crippen LogP contribution < -0.4 is 10.0 Å². The monoisotopic (exact) mass is 375 g/mol. The van der Waals surface area contributed by atoms with Crippen LogP contribution in [0.5, 0.6) is 0 Å². The van der Waals surface area contributed by atoms with Gasteiger partial charge in [0.2, 0.25) is 15.9 Å². The number of nitriles is 1. The summed E-state index contributed by atoms with van der Waals surface area (Å²) in [5.74, 6) is -0.460. The second kappa shape index (κ2) is 7.01. The Morgan fingerprint density at radius 2 is 1.76 bits per heavy atom. The molecule has 1 aromatic carbocycles. The van der Waals surface area contributed by atoms with Crippen LogP contribution in [0.4, 0.5) is 18.9 Å². The highest BCUT2D eigenvalue weighted by Gasteiger charge is 2.41. The molecular weight excluding hydrogens is 359 g/mol. The summed E-state index contributed by atoms with van der Waals surface area (Å²) in [6.07, 6.45) is -2.17. The highest BCUT2D eigenvalue weighted by molar-refractivity contribution is 7.89. The lowest BCUT2D eigenvalue weighted by Gasteiger charge is -2.19. The van der Waals surface area contributed by atoms with E-state index in [0.29, 0.717) is 12.8 Å². The Kier molecular flexibility index (Phi) is 5.39. The molecule has 0 atom stereocenters. The number of nitrogens with one attached hydrogen (secondary N) is 2. The van der Waals surface area contributed by atoms with Gasteiger partial charge in [-0.15, -0.1) is 0 Å². The molecular formula is C15H16F3N3O3S. The number of rotatable bonds is 5. The van der Waals surface area contributed by atoms with Gasteiger partial charge < -0.3 is 5.32 Å². The fourth-order valence-electron chi connectivity index (χ4n) is 2.60. The Labute approximate surface area is 143 Å². The van der Waals surface area contributed by atoms with E-state index < -0.39 is 34.1 Å². The molecule has 10 heteroatoms. The van der Waals surface area contributed by atoms with Crippen molar-refractivity contribution in [1.82, 2.24) is 4.72 Å². The highest BCUT2D eigenvalue weighted by atomic mass is 32.2. The smallest absolute Gasteiger partial charge is 0.325 e. The molecule has 0 spiro atoms. The third kappa shape index (κ3) is 4.70. The van der Waals surface area contributed by atoms with Crippen molar-refractivity contribution in [2.45, 2.75) is 36.8 Å². The molecule has 0 unspecified atom stereocenters. The second-order valence-corrected chi connectivity index (χ2v) is 7.59. The van der Waals surface area contributed by atoms with Crippen molar-refractivity contribution in [3.63, 3.8) is 0 Å². The molecule has 1 aliphatic carbocycles. The van der Waals surface area contributed by atoms with Gasteiger partial charge in [-0.1, -0.05) is 12.8 Å². The molecule has 25 heavy (non-hydrogen) atoms. The molecule has 1 aromatic rings. The average molecular weight is 375 g/mol. The number of carbonyl (C=O) groups is 1. The Bertz CT molecular complexity index is 777.